The monoisotopic (exact) mass is 266 g/mol. The van der Waals surface area contributed by atoms with Gasteiger partial charge in [0.15, 0.2) is 12.1 Å². The summed E-state index contributed by atoms with van der Waals surface area (Å²) in [6.07, 6.45) is 9.40. The summed E-state index contributed by atoms with van der Waals surface area (Å²) in [5.41, 5.74) is 2.60. The van der Waals surface area contributed by atoms with Gasteiger partial charge in [0, 0.05) is 14.2 Å². The van der Waals surface area contributed by atoms with E-state index >= 15 is 0 Å². The summed E-state index contributed by atoms with van der Waals surface area (Å²) >= 11 is 0. The van der Waals surface area contributed by atoms with Crippen molar-refractivity contribution in [3.63, 3.8) is 0 Å². The third-order valence-corrected chi connectivity index (χ3v) is 2.65. The van der Waals surface area contributed by atoms with Crippen LogP contribution in [0.1, 0.15) is 40.0 Å². The van der Waals surface area contributed by atoms with Crippen molar-refractivity contribution in [2.75, 3.05) is 14.2 Å². The molecule has 0 radical (unpaired) electrons. The van der Waals surface area contributed by atoms with E-state index in [-0.39, 0.29) is 12.2 Å². The van der Waals surface area contributed by atoms with Gasteiger partial charge in [-0.1, -0.05) is 29.4 Å². The first-order chi connectivity index (χ1) is 8.99. The third-order valence-electron chi connectivity index (χ3n) is 2.65. The summed E-state index contributed by atoms with van der Waals surface area (Å²) in [4.78, 5) is 11.6. The van der Waals surface area contributed by atoms with Crippen LogP contribution in [0.25, 0.3) is 0 Å². The molecule has 0 bridgehead atoms. The molecule has 0 spiro atoms. The van der Waals surface area contributed by atoms with Crippen LogP contribution in [0.5, 0.6) is 0 Å². The van der Waals surface area contributed by atoms with E-state index < -0.39 is 6.29 Å². The Labute approximate surface area is 117 Å². The Morgan fingerprint density at radius 1 is 1.16 bits per heavy atom. The van der Waals surface area contributed by atoms with Crippen LogP contribution in [0.3, 0.4) is 0 Å². The largest absolute Gasteiger partial charge is 0.355 e. The van der Waals surface area contributed by atoms with Gasteiger partial charge < -0.3 is 9.47 Å². The fourth-order valence-corrected chi connectivity index (χ4v) is 1.49. The highest BCUT2D eigenvalue weighted by molar-refractivity contribution is 5.90. The molecule has 0 fully saturated rings. The van der Waals surface area contributed by atoms with Crippen LogP contribution in [0.15, 0.2) is 35.5 Å². The second-order valence-corrected chi connectivity index (χ2v) is 4.76. The van der Waals surface area contributed by atoms with Crippen LogP contribution in [-0.2, 0) is 14.3 Å². The lowest BCUT2D eigenvalue weighted by Gasteiger charge is -2.10. The highest BCUT2D eigenvalue weighted by atomic mass is 16.7. The number of methoxy groups -OCH3 is 2. The molecular weight excluding hydrogens is 240 g/mol. The van der Waals surface area contributed by atoms with E-state index in [9.17, 15) is 4.79 Å². The molecule has 0 atom stereocenters. The predicted octanol–water partition coefficient (Wildman–Crippen LogP) is 3.81. The Morgan fingerprint density at radius 2 is 1.79 bits per heavy atom. The molecule has 0 rings (SSSR count). The second-order valence-electron chi connectivity index (χ2n) is 4.76. The summed E-state index contributed by atoms with van der Waals surface area (Å²) in [7, 11) is 3.05. The van der Waals surface area contributed by atoms with Crippen molar-refractivity contribution in [3.8, 4) is 0 Å². The molecular formula is C16H26O3. The SMILES string of the molecule is COC(CC(=O)C=CC=C(C)CCC=C(C)C)OC. The average Bonchev–Trinajstić information content (AvgIpc) is 2.35. The van der Waals surface area contributed by atoms with E-state index in [1.165, 1.54) is 25.4 Å². The van der Waals surface area contributed by atoms with Crippen LogP contribution >= 0.6 is 0 Å². The molecule has 19 heavy (non-hydrogen) atoms. The van der Waals surface area contributed by atoms with Crippen molar-refractivity contribution in [2.24, 2.45) is 0 Å². The Hall–Kier alpha value is -1.19. The molecule has 0 aromatic rings. The van der Waals surface area contributed by atoms with E-state index in [1.807, 2.05) is 6.08 Å². The molecule has 0 aromatic carbocycles. The number of hydrogen-bond donors (Lipinski definition) is 0. The smallest absolute Gasteiger partial charge is 0.164 e. The highest BCUT2D eigenvalue weighted by Crippen LogP contribution is 2.07. The van der Waals surface area contributed by atoms with Crippen LogP contribution in [0, 0.1) is 0 Å². The maximum Gasteiger partial charge on any atom is 0.164 e. The van der Waals surface area contributed by atoms with Gasteiger partial charge in [0.2, 0.25) is 0 Å². The van der Waals surface area contributed by atoms with E-state index in [2.05, 4.69) is 26.8 Å². The molecule has 0 aliphatic carbocycles. The van der Waals surface area contributed by atoms with Crippen molar-refractivity contribution in [2.45, 2.75) is 46.3 Å². The fraction of sp³-hybridized carbons (Fsp3) is 0.562. The number of carbonyl (C=O) groups excluding carboxylic acids is 1. The van der Waals surface area contributed by atoms with Gasteiger partial charge in [0.1, 0.15) is 0 Å². The molecule has 0 aliphatic rings. The van der Waals surface area contributed by atoms with Crippen molar-refractivity contribution in [3.05, 3.63) is 35.5 Å². The van der Waals surface area contributed by atoms with E-state index in [0.29, 0.717) is 0 Å². The zero-order valence-electron chi connectivity index (χ0n) is 12.7. The quantitative estimate of drug-likeness (QED) is 0.275. The lowest BCUT2D eigenvalue weighted by Crippen LogP contribution is -2.16. The predicted molar refractivity (Wildman–Crippen MR) is 79.0 cm³/mol. The van der Waals surface area contributed by atoms with Crippen LogP contribution in [-0.4, -0.2) is 26.3 Å². The summed E-state index contributed by atoms with van der Waals surface area (Å²) in [6, 6.07) is 0. The fourth-order valence-electron chi connectivity index (χ4n) is 1.49. The first-order valence-electron chi connectivity index (χ1n) is 6.55. The van der Waals surface area contributed by atoms with Crippen molar-refractivity contribution >= 4 is 5.78 Å². The summed E-state index contributed by atoms with van der Waals surface area (Å²) in [6.45, 7) is 6.26. The van der Waals surface area contributed by atoms with Gasteiger partial charge in [-0.3, -0.25) is 4.79 Å². The molecule has 3 heteroatoms. The molecule has 0 unspecified atom stereocenters. The van der Waals surface area contributed by atoms with Gasteiger partial charge in [0.25, 0.3) is 0 Å². The molecule has 0 aromatic heterocycles. The Morgan fingerprint density at radius 3 is 2.32 bits per heavy atom. The Balaban J connectivity index is 4.11. The van der Waals surface area contributed by atoms with Gasteiger partial charge >= 0.3 is 0 Å². The summed E-state index contributed by atoms with van der Waals surface area (Å²) in [5.74, 6) is 0.00190. The number of hydrogen-bond acceptors (Lipinski definition) is 3. The maximum absolute atomic E-state index is 11.6. The minimum Gasteiger partial charge on any atom is -0.355 e. The molecule has 0 amide bonds. The van der Waals surface area contributed by atoms with Crippen LogP contribution < -0.4 is 0 Å². The summed E-state index contributed by atoms with van der Waals surface area (Å²) < 4.78 is 9.95. The molecule has 0 aliphatic heterocycles. The molecule has 0 N–H and O–H groups in total. The van der Waals surface area contributed by atoms with Gasteiger partial charge in [-0.2, -0.15) is 0 Å². The normalized spacial score (nSPS) is 12.2. The zero-order valence-corrected chi connectivity index (χ0v) is 12.7. The molecule has 0 saturated carbocycles. The van der Waals surface area contributed by atoms with E-state index in [1.54, 1.807) is 12.2 Å². The maximum atomic E-state index is 11.6. The molecule has 0 heterocycles. The minimum atomic E-state index is -0.458. The zero-order chi connectivity index (χ0) is 14.7. The summed E-state index contributed by atoms with van der Waals surface area (Å²) in [5, 5.41) is 0. The number of allylic oxidation sites excluding steroid dienone is 6. The van der Waals surface area contributed by atoms with Crippen molar-refractivity contribution < 1.29 is 14.3 Å². The molecule has 108 valence electrons. The van der Waals surface area contributed by atoms with Gasteiger partial charge in [-0.15, -0.1) is 0 Å². The topological polar surface area (TPSA) is 35.5 Å². The number of carbonyl (C=O) groups is 1. The van der Waals surface area contributed by atoms with Gasteiger partial charge in [0.05, 0.1) is 6.42 Å². The van der Waals surface area contributed by atoms with Crippen LogP contribution in [0.2, 0.25) is 0 Å². The van der Waals surface area contributed by atoms with Gasteiger partial charge in [-0.25, -0.2) is 0 Å². The van der Waals surface area contributed by atoms with Gasteiger partial charge in [-0.05, 0) is 39.7 Å². The molecule has 3 nitrogen and oxygen atoms in total. The number of rotatable bonds is 9. The standard InChI is InChI=1S/C16H26O3/c1-13(2)8-6-9-14(3)10-7-11-15(17)12-16(18-4)19-5/h7-8,10-11,16H,6,9,12H2,1-5H3. The Bertz CT molecular complexity index is 343. The molecule has 0 saturated heterocycles. The van der Waals surface area contributed by atoms with Crippen molar-refractivity contribution in [1.29, 1.82) is 0 Å². The highest BCUT2D eigenvalue weighted by Gasteiger charge is 2.08. The first-order valence-corrected chi connectivity index (χ1v) is 6.55. The lowest BCUT2D eigenvalue weighted by atomic mass is 10.1. The average molecular weight is 266 g/mol. The number of ether oxygens (including phenoxy) is 2. The van der Waals surface area contributed by atoms with Crippen LogP contribution in [0.4, 0.5) is 0 Å². The second kappa shape index (κ2) is 10.7. The van der Waals surface area contributed by atoms with Crippen molar-refractivity contribution in [1.82, 2.24) is 0 Å². The van der Waals surface area contributed by atoms with E-state index in [4.69, 9.17) is 9.47 Å². The minimum absolute atomic E-state index is 0.00190. The first kappa shape index (κ1) is 17.8. The third kappa shape index (κ3) is 10.4. The lowest BCUT2D eigenvalue weighted by molar-refractivity contribution is -0.133. The van der Waals surface area contributed by atoms with E-state index in [0.717, 1.165) is 12.8 Å². The Kier molecular flexibility index (Phi) is 10.0. The number of ketones is 1.